The molecule has 0 radical (unpaired) electrons. The minimum absolute atomic E-state index is 0.209. The first-order chi connectivity index (χ1) is 7.22. The van der Waals surface area contributed by atoms with Crippen LogP contribution in [0.15, 0.2) is 29.6 Å². The first kappa shape index (κ1) is 9.56. The van der Waals surface area contributed by atoms with Gasteiger partial charge in [-0.25, -0.2) is 0 Å². The van der Waals surface area contributed by atoms with Crippen LogP contribution >= 0.6 is 11.3 Å². The Morgan fingerprint density at radius 2 is 1.93 bits per heavy atom. The van der Waals surface area contributed by atoms with Crippen molar-refractivity contribution >= 4 is 16.3 Å². The van der Waals surface area contributed by atoms with Gasteiger partial charge in [0.2, 0.25) is 0 Å². The van der Waals surface area contributed by atoms with Crippen LogP contribution < -0.4 is 5.73 Å². The molecule has 0 atom stereocenters. The zero-order chi connectivity index (χ0) is 10.8. The van der Waals surface area contributed by atoms with Crippen molar-refractivity contribution in [3.8, 4) is 22.9 Å². The number of nitrogens with zero attached hydrogens (tertiary/aromatic N) is 1. The maximum absolute atomic E-state index is 9.15. The fourth-order valence-electron chi connectivity index (χ4n) is 1.34. The number of nitrogen functional groups attached to an aromatic ring is 1. The second-order valence-corrected chi connectivity index (χ2v) is 3.96. The summed E-state index contributed by atoms with van der Waals surface area (Å²) in [5.74, 6) is 0.209. The Hall–Kier alpha value is -1.99. The van der Waals surface area contributed by atoms with Gasteiger partial charge in [0.05, 0.1) is 5.56 Å². The second-order valence-electron chi connectivity index (χ2n) is 3.05. The van der Waals surface area contributed by atoms with Crippen LogP contribution in [0.25, 0.3) is 11.1 Å². The van der Waals surface area contributed by atoms with Gasteiger partial charge in [-0.05, 0) is 17.7 Å². The number of hydrogen-bond acceptors (Lipinski definition) is 4. The third-order valence-corrected chi connectivity index (χ3v) is 2.92. The van der Waals surface area contributed by atoms with Crippen molar-refractivity contribution in [2.45, 2.75) is 0 Å². The van der Waals surface area contributed by atoms with E-state index in [1.807, 2.05) is 5.38 Å². The summed E-state index contributed by atoms with van der Waals surface area (Å²) in [6.45, 7) is 0. The summed E-state index contributed by atoms with van der Waals surface area (Å²) in [5.41, 5.74) is 7.88. The summed E-state index contributed by atoms with van der Waals surface area (Å²) < 4.78 is 0. The molecule has 0 bridgehead atoms. The Balaban J connectivity index is 2.55. The van der Waals surface area contributed by atoms with Gasteiger partial charge in [0, 0.05) is 10.9 Å². The maximum Gasteiger partial charge on any atom is 0.115 e. The fraction of sp³-hybridized carbons (Fsp3) is 0. The first-order valence-electron chi connectivity index (χ1n) is 4.29. The average Bonchev–Trinajstić information content (AvgIpc) is 2.61. The molecule has 3 nitrogen and oxygen atoms in total. The standard InChI is InChI=1S/C11H8N2OS/c12-5-9-10(6-15-11(9)13)7-1-3-8(14)4-2-7/h1-4,6,14H,13H2. The molecule has 0 aliphatic carbocycles. The van der Waals surface area contributed by atoms with Crippen molar-refractivity contribution < 1.29 is 5.11 Å². The van der Waals surface area contributed by atoms with Gasteiger partial charge in [-0.3, -0.25) is 0 Å². The highest BCUT2D eigenvalue weighted by Gasteiger charge is 2.10. The molecule has 0 aliphatic rings. The Kier molecular flexibility index (Phi) is 2.32. The molecule has 0 unspecified atom stereocenters. The highest BCUT2D eigenvalue weighted by molar-refractivity contribution is 7.14. The van der Waals surface area contributed by atoms with E-state index in [-0.39, 0.29) is 5.75 Å². The van der Waals surface area contributed by atoms with Crippen molar-refractivity contribution in [1.29, 1.82) is 5.26 Å². The highest BCUT2D eigenvalue weighted by Crippen LogP contribution is 2.33. The smallest absolute Gasteiger partial charge is 0.115 e. The molecule has 2 aromatic rings. The van der Waals surface area contributed by atoms with Gasteiger partial charge >= 0.3 is 0 Å². The number of thiophene rings is 1. The summed E-state index contributed by atoms with van der Waals surface area (Å²) in [4.78, 5) is 0. The van der Waals surface area contributed by atoms with Crippen LogP contribution in [0.3, 0.4) is 0 Å². The average molecular weight is 216 g/mol. The molecule has 2 rings (SSSR count). The fourth-order valence-corrected chi connectivity index (χ4v) is 2.11. The second kappa shape index (κ2) is 3.64. The van der Waals surface area contributed by atoms with Gasteiger partial charge in [0.15, 0.2) is 0 Å². The van der Waals surface area contributed by atoms with Gasteiger partial charge in [-0.2, -0.15) is 5.26 Å². The molecular weight excluding hydrogens is 208 g/mol. The van der Waals surface area contributed by atoms with Gasteiger partial charge in [-0.15, -0.1) is 11.3 Å². The van der Waals surface area contributed by atoms with Crippen molar-refractivity contribution in [2.24, 2.45) is 0 Å². The van der Waals surface area contributed by atoms with E-state index in [1.54, 1.807) is 24.3 Å². The highest BCUT2D eigenvalue weighted by atomic mass is 32.1. The lowest BCUT2D eigenvalue weighted by Crippen LogP contribution is -1.85. The number of phenolic OH excluding ortho intramolecular Hbond substituents is 1. The minimum Gasteiger partial charge on any atom is -0.508 e. The molecule has 74 valence electrons. The normalized spacial score (nSPS) is 9.80. The number of phenols is 1. The molecule has 0 fully saturated rings. The molecule has 0 spiro atoms. The summed E-state index contributed by atoms with van der Waals surface area (Å²) in [6, 6.07) is 8.78. The molecule has 3 N–H and O–H groups in total. The van der Waals surface area contributed by atoms with Crippen LogP contribution in [0.2, 0.25) is 0 Å². The van der Waals surface area contributed by atoms with Gasteiger partial charge < -0.3 is 10.8 Å². The van der Waals surface area contributed by atoms with Crippen molar-refractivity contribution in [1.82, 2.24) is 0 Å². The Bertz CT molecular complexity index is 523. The van der Waals surface area contributed by atoms with Gasteiger partial charge in [0.1, 0.15) is 16.8 Å². The van der Waals surface area contributed by atoms with Gasteiger partial charge in [-0.1, -0.05) is 12.1 Å². The predicted molar refractivity (Wildman–Crippen MR) is 60.5 cm³/mol. The molecule has 0 amide bonds. The zero-order valence-electron chi connectivity index (χ0n) is 7.77. The van der Waals surface area contributed by atoms with Crippen LogP contribution in [-0.4, -0.2) is 5.11 Å². The van der Waals surface area contributed by atoms with Crippen LogP contribution in [0.1, 0.15) is 5.56 Å². The number of aromatic hydroxyl groups is 1. The van der Waals surface area contributed by atoms with E-state index >= 15 is 0 Å². The van der Waals surface area contributed by atoms with E-state index in [2.05, 4.69) is 6.07 Å². The summed E-state index contributed by atoms with van der Waals surface area (Å²) in [5, 5.41) is 20.5. The lowest BCUT2D eigenvalue weighted by Gasteiger charge is -1.99. The van der Waals surface area contributed by atoms with Crippen LogP contribution in [0.5, 0.6) is 5.75 Å². The first-order valence-corrected chi connectivity index (χ1v) is 5.17. The monoisotopic (exact) mass is 216 g/mol. The van der Waals surface area contributed by atoms with E-state index in [9.17, 15) is 0 Å². The Labute approximate surface area is 91.0 Å². The molecule has 0 saturated heterocycles. The Morgan fingerprint density at radius 3 is 2.53 bits per heavy atom. The van der Waals surface area contributed by atoms with E-state index in [0.29, 0.717) is 10.6 Å². The number of anilines is 1. The van der Waals surface area contributed by atoms with E-state index in [0.717, 1.165) is 11.1 Å². The van der Waals surface area contributed by atoms with Crippen molar-refractivity contribution in [2.75, 3.05) is 5.73 Å². The topological polar surface area (TPSA) is 70.0 Å². The molecule has 4 heteroatoms. The quantitative estimate of drug-likeness (QED) is 0.769. The lowest BCUT2D eigenvalue weighted by molar-refractivity contribution is 0.475. The Morgan fingerprint density at radius 1 is 1.27 bits per heavy atom. The molecule has 1 heterocycles. The van der Waals surface area contributed by atoms with Crippen molar-refractivity contribution in [3.05, 3.63) is 35.2 Å². The number of hydrogen-bond donors (Lipinski definition) is 2. The minimum atomic E-state index is 0.209. The SMILES string of the molecule is N#Cc1c(-c2ccc(O)cc2)csc1N. The number of rotatable bonds is 1. The van der Waals surface area contributed by atoms with E-state index in [4.69, 9.17) is 16.1 Å². The van der Waals surface area contributed by atoms with Crippen LogP contribution in [-0.2, 0) is 0 Å². The van der Waals surface area contributed by atoms with Crippen LogP contribution in [0.4, 0.5) is 5.00 Å². The predicted octanol–water partition coefficient (Wildman–Crippen LogP) is 2.57. The summed E-state index contributed by atoms with van der Waals surface area (Å²) in [7, 11) is 0. The lowest BCUT2D eigenvalue weighted by atomic mass is 10.1. The number of nitrogens with two attached hydrogens (primary N) is 1. The third kappa shape index (κ3) is 1.65. The summed E-state index contributed by atoms with van der Waals surface area (Å²) in [6.07, 6.45) is 0. The maximum atomic E-state index is 9.15. The summed E-state index contributed by atoms with van der Waals surface area (Å²) >= 11 is 1.35. The molecule has 0 aliphatic heterocycles. The van der Waals surface area contributed by atoms with E-state index in [1.165, 1.54) is 11.3 Å². The van der Waals surface area contributed by atoms with Crippen molar-refractivity contribution in [3.63, 3.8) is 0 Å². The van der Waals surface area contributed by atoms with E-state index < -0.39 is 0 Å². The molecular formula is C11H8N2OS. The third-order valence-electron chi connectivity index (χ3n) is 2.11. The molecule has 1 aromatic carbocycles. The molecule has 1 aromatic heterocycles. The molecule has 15 heavy (non-hydrogen) atoms. The van der Waals surface area contributed by atoms with Crippen LogP contribution in [0, 0.1) is 11.3 Å². The number of nitriles is 1. The zero-order valence-corrected chi connectivity index (χ0v) is 8.58. The van der Waals surface area contributed by atoms with Gasteiger partial charge in [0.25, 0.3) is 0 Å². The number of benzene rings is 1. The largest absolute Gasteiger partial charge is 0.508 e. The molecule has 0 saturated carbocycles.